The lowest BCUT2D eigenvalue weighted by atomic mass is 10.1. The van der Waals surface area contributed by atoms with E-state index >= 15 is 0 Å². The van der Waals surface area contributed by atoms with E-state index in [9.17, 15) is 13.6 Å². The van der Waals surface area contributed by atoms with Crippen molar-refractivity contribution in [3.8, 4) is 11.1 Å². The van der Waals surface area contributed by atoms with E-state index in [0.29, 0.717) is 26.6 Å². The van der Waals surface area contributed by atoms with E-state index < -0.39 is 11.6 Å². The summed E-state index contributed by atoms with van der Waals surface area (Å²) in [5, 5.41) is 6.10. The highest BCUT2D eigenvalue weighted by Crippen LogP contribution is 2.34. The normalized spacial score (nSPS) is 12.4. The van der Waals surface area contributed by atoms with Crippen LogP contribution in [0.25, 0.3) is 21.3 Å². The second-order valence-corrected chi connectivity index (χ2v) is 7.86. The molecule has 148 valence electrons. The van der Waals surface area contributed by atoms with Gasteiger partial charge in [0.25, 0.3) is 5.56 Å². The zero-order valence-electron chi connectivity index (χ0n) is 15.3. The Morgan fingerprint density at radius 1 is 1.17 bits per heavy atom. The maximum atomic E-state index is 13.4. The Labute approximate surface area is 174 Å². The first-order valence-electron chi connectivity index (χ1n) is 8.87. The van der Waals surface area contributed by atoms with Crippen molar-refractivity contribution in [1.82, 2.24) is 15.3 Å². The van der Waals surface area contributed by atoms with Crippen LogP contribution >= 0.6 is 22.9 Å². The minimum absolute atomic E-state index is 0.247. The van der Waals surface area contributed by atoms with Crippen molar-refractivity contribution >= 4 is 33.2 Å². The summed E-state index contributed by atoms with van der Waals surface area (Å²) < 4.78 is 26.5. The van der Waals surface area contributed by atoms with E-state index in [1.165, 1.54) is 17.4 Å². The standard InChI is InChI=1S/C21H16ClF2N3OS/c1-11(12-6-7-16(23)17(24)8-12)25-9-18-26-20(28)19-14(10-29-21(19)27-18)13-4-2-3-5-15(13)22/h2-8,10-11,25H,9H2,1H3,(H,26,27,28)/t11-/m0/s1. The molecule has 8 heteroatoms. The summed E-state index contributed by atoms with van der Waals surface area (Å²) in [4.78, 5) is 20.7. The fourth-order valence-corrected chi connectivity index (χ4v) is 4.30. The molecule has 4 rings (SSSR count). The number of aromatic amines is 1. The van der Waals surface area contributed by atoms with Crippen LogP contribution < -0.4 is 10.9 Å². The molecule has 2 aromatic carbocycles. The molecule has 1 atom stereocenters. The number of nitrogens with one attached hydrogen (secondary N) is 2. The van der Waals surface area contributed by atoms with Crippen LogP contribution in [0.2, 0.25) is 5.02 Å². The summed E-state index contributed by atoms with van der Waals surface area (Å²) in [5.41, 5.74) is 1.89. The molecule has 0 aliphatic carbocycles. The number of fused-ring (bicyclic) bond motifs is 1. The molecular formula is C21H16ClF2N3OS. The van der Waals surface area contributed by atoms with Crippen molar-refractivity contribution in [3.63, 3.8) is 0 Å². The lowest BCUT2D eigenvalue weighted by Crippen LogP contribution is -2.22. The van der Waals surface area contributed by atoms with E-state index in [1.807, 2.05) is 30.5 Å². The van der Waals surface area contributed by atoms with Gasteiger partial charge < -0.3 is 10.3 Å². The van der Waals surface area contributed by atoms with Crippen LogP contribution in [0.4, 0.5) is 8.78 Å². The number of halogens is 3. The number of aromatic nitrogens is 2. The van der Waals surface area contributed by atoms with Crippen molar-refractivity contribution in [3.05, 3.63) is 86.2 Å². The van der Waals surface area contributed by atoms with Crippen LogP contribution in [0.1, 0.15) is 24.4 Å². The molecule has 0 aliphatic rings. The van der Waals surface area contributed by atoms with Crippen molar-refractivity contribution in [2.75, 3.05) is 0 Å². The second kappa shape index (κ2) is 8.02. The molecule has 0 saturated heterocycles. The predicted octanol–water partition coefficient (Wildman–Crippen LogP) is 5.43. The number of rotatable bonds is 5. The topological polar surface area (TPSA) is 57.8 Å². The lowest BCUT2D eigenvalue weighted by molar-refractivity contribution is 0.499. The molecule has 2 N–H and O–H groups in total. The van der Waals surface area contributed by atoms with Crippen molar-refractivity contribution < 1.29 is 8.78 Å². The predicted molar refractivity (Wildman–Crippen MR) is 112 cm³/mol. The van der Waals surface area contributed by atoms with Crippen LogP contribution in [0.3, 0.4) is 0 Å². The van der Waals surface area contributed by atoms with Crippen molar-refractivity contribution in [1.29, 1.82) is 0 Å². The van der Waals surface area contributed by atoms with Crippen LogP contribution in [-0.4, -0.2) is 9.97 Å². The maximum absolute atomic E-state index is 13.4. The highest BCUT2D eigenvalue weighted by molar-refractivity contribution is 7.17. The third-order valence-corrected chi connectivity index (χ3v) is 5.88. The SMILES string of the molecule is C[C@H](NCc1nc2scc(-c3ccccc3Cl)c2c(=O)[nH]1)c1ccc(F)c(F)c1. The summed E-state index contributed by atoms with van der Waals surface area (Å²) in [6.45, 7) is 2.09. The van der Waals surface area contributed by atoms with Gasteiger partial charge in [0.2, 0.25) is 0 Å². The Kier molecular flexibility index (Phi) is 5.45. The van der Waals surface area contributed by atoms with Gasteiger partial charge >= 0.3 is 0 Å². The van der Waals surface area contributed by atoms with Gasteiger partial charge in [-0.25, -0.2) is 13.8 Å². The van der Waals surface area contributed by atoms with E-state index in [-0.39, 0.29) is 18.1 Å². The first kappa shape index (κ1) is 19.7. The highest BCUT2D eigenvalue weighted by Gasteiger charge is 2.15. The third kappa shape index (κ3) is 3.94. The largest absolute Gasteiger partial charge is 0.309 e. The van der Waals surface area contributed by atoms with E-state index in [1.54, 1.807) is 6.07 Å². The smallest absolute Gasteiger partial charge is 0.260 e. The molecule has 0 fully saturated rings. The number of hydrogen-bond donors (Lipinski definition) is 2. The minimum atomic E-state index is -0.894. The van der Waals surface area contributed by atoms with Gasteiger partial charge in [-0.2, -0.15) is 0 Å². The minimum Gasteiger partial charge on any atom is -0.309 e. The molecule has 4 aromatic rings. The van der Waals surface area contributed by atoms with Crippen LogP contribution in [-0.2, 0) is 6.54 Å². The number of thiophene rings is 1. The highest BCUT2D eigenvalue weighted by atomic mass is 35.5. The molecule has 0 unspecified atom stereocenters. The summed E-state index contributed by atoms with van der Waals surface area (Å²) in [7, 11) is 0. The van der Waals surface area contributed by atoms with Crippen molar-refractivity contribution in [2.45, 2.75) is 19.5 Å². The molecule has 0 amide bonds. The second-order valence-electron chi connectivity index (χ2n) is 6.60. The zero-order valence-corrected chi connectivity index (χ0v) is 16.9. The number of hydrogen-bond acceptors (Lipinski definition) is 4. The van der Waals surface area contributed by atoms with Crippen LogP contribution in [0, 0.1) is 11.6 Å². The van der Waals surface area contributed by atoms with Crippen LogP contribution in [0.15, 0.2) is 52.6 Å². The van der Waals surface area contributed by atoms with Gasteiger partial charge in [-0.15, -0.1) is 11.3 Å². The number of benzene rings is 2. The summed E-state index contributed by atoms with van der Waals surface area (Å²) in [6.07, 6.45) is 0. The molecule has 0 aliphatic heterocycles. The zero-order chi connectivity index (χ0) is 20.5. The average molecular weight is 432 g/mol. The number of H-pyrrole nitrogens is 1. The third-order valence-electron chi connectivity index (χ3n) is 4.68. The summed E-state index contributed by atoms with van der Waals surface area (Å²) >= 11 is 7.65. The Morgan fingerprint density at radius 3 is 2.72 bits per heavy atom. The molecule has 0 radical (unpaired) electrons. The summed E-state index contributed by atoms with van der Waals surface area (Å²) in [6, 6.07) is 10.9. The van der Waals surface area contributed by atoms with Gasteiger partial charge in [-0.3, -0.25) is 4.79 Å². The molecule has 0 saturated carbocycles. The lowest BCUT2D eigenvalue weighted by Gasteiger charge is -2.14. The molecule has 0 spiro atoms. The molecule has 29 heavy (non-hydrogen) atoms. The van der Waals surface area contributed by atoms with Gasteiger partial charge in [0.05, 0.1) is 11.9 Å². The Morgan fingerprint density at radius 2 is 1.97 bits per heavy atom. The molecule has 2 heterocycles. The Hall–Kier alpha value is -2.61. The quantitative estimate of drug-likeness (QED) is 0.442. The Bertz CT molecular complexity index is 1250. The molecule has 0 bridgehead atoms. The van der Waals surface area contributed by atoms with Gasteiger partial charge in [0.1, 0.15) is 10.7 Å². The monoisotopic (exact) mass is 431 g/mol. The van der Waals surface area contributed by atoms with E-state index in [2.05, 4.69) is 15.3 Å². The molecule has 2 aromatic heterocycles. The fourth-order valence-electron chi connectivity index (χ4n) is 3.10. The average Bonchev–Trinajstić information content (AvgIpc) is 3.13. The van der Waals surface area contributed by atoms with Gasteiger partial charge in [0.15, 0.2) is 11.6 Å². The van der Waals surface area contributed by atoms with E-state index in [0.717, 1.165) is 23.3 Å². The van der Waals surface area contributed by atoms with Crippen molar-refractivity contribution in [2.24, 2.45) is 0 Å². The number of nitrogens with zero attached hydrogens (tertiary/aromatic N) is 1. The summed E-state index contributed by atoms with van der Waals surface area (Å²) in [5.74, 6) is -1.32. The maximum Gasteiger partial charge on any atom is 0.260 e. The van der Waals surface area contributed by atoms with Gasteiger partial charge in [-0.1, -0.05) is 35.9 Å². The van der Waals surface area contributed by atoms with E-state index in [4.69, 9.17) is 11.6 Å². The first-order valence-corrected chi connectivity index (χ1v) is 10.1. The molecular weight excluding hydrogens is 416 g/mol. The fraction of sp³-hybridized carbons (Fsp3) is 0.143. The molecule has 4 nitrogen and oxygen atoms in total. The van der Waals surface area contributed by atoms with Gasteiger partial charge in [0, 0.05) is 27.6 Å². The van der Waals surface area contributed by atoms with Gasteiger partial charge in [-0.05, 0) is 30.7 Å². The first-order chi connectivity index (χ1) is 13.9. The Balaban J connectivity index is 1.59. The van der Waals surface area contributed by atoms with Crippen LogP contribution in [0.5, 0.6) is 0 Å².